The first-order valence-corrected chi connectivity index (χ1v) is 6.39. The quantitative estimate of drug-likeness (QED) is 0.815. The van der Waals surface area contributed by atoms with Gasteiger partial charge in [-0.3, -0.25) is 19.5 Å². The predicted molar refractivity (Wildman–Crippen MR) is 69.2 cm³/mol. The van der Waals surface area contributed by atoms with Gasteiger partial charge in [0.2, 0.25) is 0 Å². The number of rotatable bonds is 3. The highest BCUT2D eigenvalue weighted by atomic mass is 16.5. The molecule has 0 saturated carbocycles. The normalized spacial score (nSPS) is 20.6. The van der Waals surface area contributed by atoms with Gasteiger partial charge in [-0.05, 0) is 6.07 Å². The average molecular weight is 259 g/mol. The minimum Gasteiger partial charge on any atom is -0.369 e. The van der Waals surface area contributed by atoms with Crippen LogP contribution in [0.25, 0.3) is 0 Å². The van der Waals surface area contributed by atoms with E-state index in [2.05, 4.69) is 20.0 Å². The molecule has 6 nitrogen and oxygen atoms in total. The summed E-state index contributed by atoms with van der Waals surface area (Å²) >= 11 is 0. The summed E-state index contributed by atoms with van der Waals surface area (Å²) in [5.41, 5.74) is 1.98. The molecule has 1 atom stereocenters. The van der Waals surface area contributed by atoms with E-state index in [-0.39, 0.29) is 6.10 Å². The molecule has 1 aliphatic heterocycles. The molecule has 0 aromatic carbocycles. The zero-order valence-electron chi connectivity index (χ0n) is 10.9. The minimum atomic E-state index is 0.00571. The Labute approximate surface area is 112 Å². The van der Waals surface area contributed by atoms with Gasteiger partial charge in [0.1, 0.15) is 6.10 Å². The maximum absolute atomic E-state index is 5.77. The standard InChI is InChI=1S/C13H17N5O/c1-17-5-2-11(16-17)9-18-6-7-19-13(10-18)12-8-14-3-4-15-12/h2-5,8,13H,6-7,9-10H2,1H3. The Kier molecular flexibility index (Phi) is 3.52. The van der Waals surface area contributed by atoms with Gasteiger partial charge in [0, 0.05) is 45.3 Å². The molecule has 1 aliphatic rings. The molecule has 0 radical (unpaired) electrons. The van der Waals surface area contributed by atoms with E-state index < -0.39 is 0 Å². The average Bonchev–Trinajstić information content (AvgIpc) is 2.85. The van der Waals surface area contributed by atoms with Crippen molar-refractivity contribution in [3.63, 3.8) is 0 Å². The lowest BCUT2D eigenvalue weighted by molar-refractivity contribution is -0.0355. The minimum absolute atomic E-state index is 0.00571. The Bertz CT molecular complexity index is 527. The second-order valence-corrected chi connectivity index (χ2v) is 4.71. The van der Waals surface area contributed by atoms with E-state index in [0.717, 1.165) is 31.0 Å². The first kappa shape index (κ1) is 12.3. The third kappa shape index (κ3) is 2.97. The molecular weight excluding hydrogens is 242 g/mol. The summed E-state index contributed by atoms with van der Waals surface area (Å²) < 4.78 is 7.60. The summed E-state index contributed by atoms with van der Waals surface area (Å²) in [7, 11) is 1.94. The van der Waals surface area contributed by atoms with Crippen LogP contribution in [0.2, 0.25) is 0 Å². The lowest BCUT2D eigenvalue weighted by Gasteiger charge is -2.31. The fourth-order valence-electron chi connectivity index (χ4n) is 2.28. The number of hydrogen-bond acceptors (Lipinski definition) is 5. The van der Waals surface area contributed by atoms with Gasteiger partial charge in [-0.25, -0.2) is 0 Å². The highest BCUT2D eigenvalue weighted by Gasteiger charge is 2.23. The van der Waals surface area contributed by atoms with Gasteiger partial charge in [0.15, 0.2) is 0 Å². The summed E-state index contributed by atoms with van der Waals surface area (Å²) in [6.45, 7) is 3.32. The van der Waals surface area contributed by atoms with Crippen molar-refractivity contribution in [1.82, 2.24) is 24.6 Å². The van der Waals surface area contributed by atoms with E-state index >= 15 is 0 Å². The molecule has 0 amide bonds. The molecule has 3 heterocycles. The molecule has 0 spiro atoms. The van der Waals surface area contributed by atoms with Crippen LogP contribution in [0, 0.1) is 0 Å². The van der Waals surface area contributed by atoms with Crippen LogP contribution in [0.5, 0.6) is 0 Å². The van der Waals surface area contributed by atoms with Crippen molar-refractivity contribution in [3.8, 4) is 0 Å². The largest absolute Gasteiger partial charge is 0.369 e. The maximum Gasteiger partial charge on any atom is 0.114 e. The monoisotopic (exact) mass is 259 g/mol. The van der Waals surface area contributed by atoms with Gasteiger partial charge in [-0.2, -0.15) is 5.10 Å². The van der Waals surface area contributed by atoms with E-state index in [9.17, 15) is 0 Å². The first-order valence-electron chi connectivity index (χ1n) is 6.39. The molecule has 100 valence electrons. The number of aromatic nitrogens is 4. The molecule has 2 aromatic rings. The zero-order chi connectivity index (χ0) is 13.1. The van der Waals surface area contributed by atoms with Crippen molar-refractivity contribution < 1.29 is 4.74 Å². The number of nitrogens with zero attached hydrogens (tertiary/aromatic N) is 5. The molecule has 1 unspecified atom stereocenters. The van der Waals surface area contributed by atoms with E-state index in [1.807, 2.05) is 24.0 Å². The summed E-state index contributed by atoms with van der Waals surface area (Å²) in [5, 5.41) is 4.41. The van der Waals surface area contributed by atoms with Gasteiger partial charge in [0.05, 0.1) is 24.2 Å². The van der Waals surface area contributed by atoms with Crippen LogP contribution in [0.1, 0.15) is 17.5 Å². The van der Waals surface area contributed by atoms with Crippen LogP contribution in [0.3, 0.4) is 0 Å². The molecule has 1 saturated heterocycles. The lowest BCUT2D eigenvalue weighted by atomic mass is 10.2. The van der Waals surface area contributed by atoms with E-state index in [1.54, 1.807) is 18.6 Å². The van der Waals surface area contributed by atoms with Crippen LogP contribution in [-0.2, 0) is 18.3 Å². The number of ether oxygens (including phenoxy) is 1. The molecule has 19 heavy (non-hydrogen) atoms. The summed E-state index contributed by atoms with van der Waals surface area (Å²) in [4.78, 5) is 10.7. The third-order valence-corrected chi connectivity index (χ3v) is 3.22. The Morgan fingerprint density at radius 2 is 2.37 bits per heavy atom. The second-order valence-electron chi connectivity index (χ2n) is 4.71. The summed E-state index contributed by atoms with van der Waals surface area (Å²) in [6.07, 6.45) is 7.13. The lowest BCUT2D eigenvalue weighted by Crippen LogP contribution is -2.38. The Morgan fingerprint density at radius 1 is 1.42 bits per heavy atom. The Balaban J connectivity index is 1.65. The smallest absolute Gasteiger partial charge is 0.114 e. The topological polar surface area (TPSA) is 56.1 Å². The van der Waals surface area contributed by atoms with Crippen molar-refractivity contribution in [2.45, 2.75) is 12.6 Å². The summed E-state index contributed by atoms with van der Waals surface area (Å²) in [5.74, 6) is 0. The molecule has 2 aromatic heterocycles. The van der Waals surface area contributed by atoms with Crippen LogP contribution in [0.4, 0.5) is 0 Å². The Morgan fingerprint density at radius 3 is 3.11 bits per heavy atom. The molecule has 3 rings (SSSR count). The molecule has 0 bridgehead atoms. The van der Waals surface area contributed by atoms with Crippen molar-refractivity contribution in [2.24, 2.45) is 7.05 Å². The first-order chi connectivity index (χ1) is 9.31. The van der Waals surface area contributed by atoms with E-state index in [4.69, 9.17) is 4.74 Å². The number of hydrogen-bond donors (Lipinski definition) is 0. The van der Waals surface area contributed by atoms with Gasteiger partial charge < -0.3 is 4.74 Å². The highest BCUT2D eigenvalue weighted by Crippen LogP contribution is 2.20. The third-order valence-electron chi connectivity index (χ3n) is 3.22. The SMILES string of the molecule is Cn1ccc(CN2CCOC(c3cnccn3)C2)n1. The van der Waals surface area contributed by atoms with Crippen molar-refractivity contribution in [3.05, 3.63) is 42.2 Å². The van der Waals surface area contributed by atoms with Crippen molar-refractivity contribution >= 4 is 0 Å². The van der Waals surface area contributed by atoms with Crippen molar-refractivity contribution in [1.29, 1.82) is 0 Å². The molecule has 0 aliphatic carbocycles. The zero-order valence-corrected chi connectivity index (χ0v) is 10.9. The fraction of sp³-hybridized carbons (Fsp3) is 0.462. The Hall–Kier alpha value is -1.79. The second kappa shape index (κ2) is 5.46. The van der Waals surface area contributed by atoms with Crippen LogP contribution < -0.4 is 0 Å². The number of morpholine rings is 1. The maximum atomic E-state index is 5.77. The molecule has 1 fully saturated rings. The van der Waals surface area contributed by atoms with E-state index in [1.165, 1.54) is 0 Å². The van der Waals surface area contributed by atoms with Crippen LogP contribution in [-0.4, -0.2) is 44.3 Å². The van der Waals surface area contributed by atoms with Gasteiger partial charge in [-0.15, -0.1) is 0 Å². The van der Waals surface area contributed by atoms with Crippen LogP contribution >= 0.6 is 0 Å². The fourth-order valence-corrected chi connectivity index (χ4v) is 2.28. The van der Waals surface area contributed by atoms with Crippen LogP contribution in [0.15, 0.2) is 30.9 Å². The highest BCUT2D eigenvalue weighted by molar-refractivity contribution is 5.03. The summed E-state index contributed by atoms with van der Waals surface area (Å²) in [6, 6.07) is 2.05. The molecular formula is C13H17N5O. The molecule has 6 heteroatoms. The van der Waals surface area contributed by atoms with E-state index in [0.29, 0.717) is 6.61 Å². The van der Waals surface area contributed by atoms with Gasteiger partial charge in [0.25, 0.3) is 0 Å². The predicted octanol–water partition coefficient (Wildman–Crippen LogP) is 0.784. The van der Waals surface area contributed by atoms with Gasteiger partial charge >= 0.3 is 0 Å². The van der Waals surface area contributed by atoms with Crippen molar-refractivity contribution in [2.75, 3.05) is 19.7 Å². The van der Waals surface area contributed by atoms with Gasteiger partial charge in [-0.1, -0.05) is 0 Å². The number of aryl methyl sites for hydroxylation is 1. The molecule has 0 N–H and O–H groups in total.